The van der Waals surface area contributed by atoms with Crippen LogP contribution in [-0.4, -0.2) is 6.04 Å². The van der Waals surface area contributed by atoms with Crippen molar-refractivity contribution in [3.63, 3.8) is 0 Å². The zero-order chi connectivity index (χ0) is 10.2. The van der Waals surface area contributed by atoms with Crippen molar-refractivity contribution in [3.05, 3.63) is 0 Å². The van der Waals surface area contributed by atoms with Gasteiger partial charge in [-0.25, -0.2) is 0 Å². The number of hydrogen-bond acceptors (Lipinski definition) is 1. The maximum atomic E-state index is 6.18. The van der Waals surface area contributed by atoms with Crippen molar-refractivity contribution in [3.8, 4) is 0 Å². The third-order valence-electron chi connectivity index (χ3n) is 3.48. The van der Waals surface area contributed by atoms with Crippen LogP contribution in [0, 0.1) is 16.7 Å². The third kappa shape index (κ3) is 2.22. The molecule has 0 radical (unpaired) electrons. The van der Waals surface area contributed by atoms with E-state index in [1.807, 2.05) is 0 Å². The molecule has 0 aromatic heterocycles. The van der Waals surface area contributed by atoms with Crippen LogP contribution in [0.3, 0.4) is 0 Å². The smallest absolute Gasteiger partial charge is 0.0118 e. The predicted octanol–water partition coefficient (Wildman–Crippen LogP) is 3.04. The molecule has 0 spiro atoms. The van der Waals surface area contributed by atoms with Gasteiger partial charge in [-0.1, -0.05) is 48.5 Å². The fourth-order valence-electron chi connectivity index (χ4n) is 1.33. The Morgan fingerprint density at radius 2 is 1.25 bits per heavy atom. The van der Waals surface area contributed by atoms with Crippen molar-refractivity contribution in [2.24, 2.45) is 22.5 Å². The van der Waals surface area contributed by atoms with Crippen LogP contribution in [-0.2, 0) is 0 Å². The van der Waals surface area contributed by atoms with Gasteiger partial charge in [0.25, 0.3) is 0 Å². The zero-order valence-electron chi connectivity index (χ0n) is 9.73. The van der Waals surface area contributed by atoms with Crippen molar-refractivity contribution in [1.82, 2.24) is 0 Å². The van der Waals surface area contributed by atoms with E-state index in [0.717, 1.165) is 0 Å². The summed E-state index contributed by atoms with van der Waals surface area (Å²) in [5.74, 6) is 0.555. The summed E-state index contributed by atoms with van der Waals surface area (Å²) in [4.78, 5) is 0. The molecule has 0 aliphatic heterocycles. The van der Waals surface area contributed by atoms with Gasteiger partial charge in [-0.15, -0.1) is 0 Å². The van der Waals surface area contributed by atoms with E-state index in [4.69, 9.17) is 5.73 Å². The highest BCUT2D eigenvalue weighted by molar-refractivity contribution is 4.92. The molecule has 0 saturated carbocycles. The fourth-order valence-corrected chi connectivity index (χ4v) is 1.33. The molecule has 0 heterocycles. The van der Waals surface area contributed by atoms with Crippen molar-refractivity contribution in [2.45, 2.75) is 54.5 Å². The van der Waals surface area contributed by atoms with Gasteiger partial charge >= 0.3 is 0 Å². The minimum Gasteiger partial charge on any atom is -0.327 e. The number of nitrogens with two attached hydrogens (primary N) is 1. The highest BCUT2D eigenvalue weighted by atomic mass is 14.7. The molecular formula is C11H25N. The summed E-state index contributed by atoms with van der Waals surface area (Å²) in [7, 11) is 0. The predicted molar refractivity (Wildman–Crippen MR) is 56.0 cm³/mol. The first-order chi connectivity index (χ1) is 5.10. The molecule has 74 valence electrons. The quantitative estimate of drug-likeness (QED) is 0.679. The first kappa shape index (κ1) is 12.0. The van der Waals surface area contributed by atoms with Crippen LogP contribution in [0.25, 0.3) is 0 Å². The van der Waals surface area contributed by atoms with Crippen LogP contribution in [0.15, 0.2) is 0 Å². The SMILES string of the molecule is CC(C)[C@H](N)C(C)(C)C(C)(C)C. The molecule has 1 heteroatoms. The Balaban J connectivity index is 4.61. The van der Waals surface area contributed by atoms with E-state index >= 15 is 0 Å². The third-order valence-corrected chi connectivity index (χ3v) is 3.48. The Labute approximate surface area is 77.7 Å². The highest BCUT2D eigenvalue weighted by Crippen LogP contribution is 2.41. The summed E-state index contributed by atoms with van der Waals surface area (Å²) >= 11 is 0. The zero-order valence-corrected chi connectivity index (χ0v) is 9.73. The molecule has 12 heavy (non-hydrogen) atoms. The van der Waals surface area contributed by atoms with E-state index in [0.29, 0.717) is 5.92 Å². The monoisotopic (exact) mass is 171 g/mol. The largest absolute Gasteiger partial charge is 0.327 e. The van der Waals surface area contributed by atoms with Gasteiger partial charge in [0.1, 0.15) is 0 Å². The molecule has 1 atom stereocenters. The van der Waals surface area contributed by atoms with E-state index in [2.05, 4.69) is 48.5 Å². The molecule has 0 rings (SSSR count). The van der Waals surface area contributed by atoms with Crippen LogP contribution < -0.4 is 5.73 Å². The van der Waals surface area contributed by atoms with Crippen molar-refractivity contribution in [1.29, 1.82) is 0 Å². The molecule has 0 saturated heterocycles. The van der Waals surface area contributed by atoms with Crippen LogP contribution in [0.4, 0.5) is 0 Å². The van der Waals surface area contributed by atoms with Crippen LogP contribution >= 0.6 is 0 Å². The molecule has 0 aromatic carbocycles. The Morgan fingerprint density at radius 1 is 0.917 bits per heavy atom. The number of hydrogen-bond donors (Lipinski definition) is 1. The summed E-state index contributed by atoms with van der Waals surface area (Å²) < 4.78 is 0. The topological polar surface area (TPSA) is 26.0 Å². The van der Waals surface area contributed by atoms with Gasteiger partial charge in [-0.3, -0.25) is 0 Å². The lowest BCUT2D eigenvalue weighted by atomic mass is 9.63. The lowest BCUT2D eigenvalue weighted by Crippen LogP contribution is -2.48. The maximum absolute atomic E-state index is 6.18. The fraction of sp³-hybridized carbons (Fsp3) is 1.00. The van der Waals surface area contributed by atoms with E-state index in [9.17, 15) is 0 Å². The van der Waals surface area contributed by atoms with Gasteiger partial charge in [-0.2, -0.15) is 0 Å². The second kappa shape index (κ2) is 3.37. The molecular weight excluding hydrogens is 146 g/mol. The molecule has 0 bridgehead atoms. The molecule has 1 nitrogen and oxygen atoms in total. The lowest BCUT2D eigenvalue weighted by Gasteiger charge is -2.45. The van der Waals surface area contributed by atoms with Crippen molar-refractivity contribution >= 4 is 0 Å². The van der Waals surface area contributed by atoms with E-state index < -0.39 is 0 Å². The van der Waals surface area contributed by atoms with Gasteiger partial charge in [-0.05, 0) is 16.7 Å². The van der Waals surface area contributed by atoms with Gasteiger partial charge < -0.3 is 5.73 Å². The minimum absolute atomic E-state index is 0.196. The molecule has 0 amide bonds. The van der Waals surface area contributed by atoms with Crippen molar-refractivity contribution in [2.75, 3.05) is 0 Å². The molecule has 0 aliphatic carbocycles. The molecule has 0 unspecified atom stereocenters. The van der Waals surface area contributed by atoms with Crippen LogP contribution in [0.1, 0.15) is 48.5 Å². The first-order valence-corrected chi connectivity index (χ1v) is 4.86. The maximum Gasteiger partial charge on any atom is 0.0118 e. The van der Waals surface area contributed by atoms with Gasteiger partial charge in [0, 0.05) is 6.04 Å². The van der Waals surface area contributed by atoms with Crippen molar-refractivity contribution < 1.29 is 0 Å². The van der Waals surface area contributed by atoms with Crippen LogP contribution in [0.5, 0.6) is 0 Å². The van der Waals surface area contributed by atoms with Gasteiger partial charge in [0.05, 0.1) is 0 Å². The Kier molecular flexibility index (Phi) is 3.36. The second-order valence-corrected chi connectivity index (χ2v) is 5.74. The standard InChI is InChI=1S/C11H25N/c1-8(2)9(12)11(6,7)10(3,4)5/h8-9H,12H2,1-7H3/t9-/m0/s1. The average molecular weight is 171 g/mol. The van der Waals surface area contributed by atoms with E-state index in [-0.39, 0.29) is 16.9 Å². The normalized spacial score (nSPS) is 16.8. The van der Waals surface area contributed by atoms with Gasteiger partial charge in [0.15, 0.2) is 0 Å². The average Bonchev–Trinajstić information content (AvgIpc) is 1.83. The highest BCUT2D eigenvalue weighted by Gasteiger charge is 2.39. The van der Waals surface area contributed by atoms with Gasteiger partial charge in [0.2, 0.25) is 0 Å². The number of rotatable bonds is 2. The summed E-state index contributed by atoms with van der Waals surface area (Å²) in [6.45, 7) is 15.7. The Hall–Kier alpha value is -0.0400. The Bertz CT molecular complexity index is 140. The lowest BCUT2D eigenvalue weighted by molar-refractivity contribution is 0.0755. The molecule has 0 aliphatic rings. The molecule has 0 aromatic rings. The second-order valence-electron chi connectivity index (χ2n) is 5.74. The summed E-state index contributed by atoms with van der Waals surface area (Å²) in [6.07, 6.45) is 0. The minimum atomic E-state index is 0.196. The molecule has 0 fully saturated rings. The summed E-state index contributed by atoms with van der Waals surface area (Å²) in [5, 5.41) is 0. The first-order valence-electron chi connectivity index (χ1n) is 4.86. The summed E-state index contributed by atoms with van der Waals surface area (Å²) in [5.41, 5.74) is 6.65. The Morgan fingerprint density at radius 3 is 1.33 bits per heavy atom. The van der Waals surface area contributed by atoms with E-state index in [1.165, 1.54) is 0 Å². The van der Waals surface area contributed by atoms with E-state index in [1.54, 1.807) is 0 Å². The van der Waals surface area contributed by atoms with Crippen LogP contribution in [0.2, 0.25) is 0 Å². The molecule has 2 N–H and O–H groups in total. The summed E-state index contributed by atoms with van der Waals surface area (Å²) in [6, 6.07) is 0.275.